The third-order valence-corrected chi connectivity index (χ3v) is 3.71. The summed E-state index contributed by atoms with van der Waals surface area (Å²) in [5.74, 6) is 1.86. The highest BCUT2D eigenvalue weighted by atomic mass is 16.3. The number of aryl methyl sites for hydroxylation is 1. The van der Waals surface area contributed by atoms with Gasteiger partial charge in [0.15, 0.2) is 0 Å². The molecule has 21 heavy (non-hydrogen) atoms. The zero-order valence-corrected chi connectivity index (χ0v) is 12.1. The largest absolute Gasteiger partial charge is 0.465 e. The number of rotatable bonds is 4. The normalized spacial score (nSPS) is 19.0. The summed E-state index contributed by atoms with van der Waals surface area (Å²) in [6.07, 6.45) is 5.29. The fourth-order valence-corrected chi connectivity index (χ4v) is 2.64. The zero-order chi connectivity index (χ0) is 14.7. The number of carbonyl (C=O) groups is 1. The first-order valence-electron chi connectivity index (χ1n) is 7.24. The molecule has 1 aliphatic heterocycles. The summed E-state index contributed by atoms with van der Waals surface area (Å²) in [6, 6.07) is 7.48. The van der Waals surface area contributed by atoms with Crippen molar-refractivity contribution in [2.75, 3.05) is 11.4 Å². The van der Waals surface area contributed by atoms with Gasteiger partial charge in [-0.15, -0.1) is 0 Å². The molecular weight excluding hydrogens is 266 g/mol. The first-order chi connectivity index (χ1) is 10.2. The number of nitrogens with one attached hydrogen (secondary N) is 1. The molecule has 1 N–H and O–H groups in total. The van der Waals surface area contributed by atoms with Crippen molar-refractivity contribution in [3.8, 4) is 0 Å². The predicted molar refractivity (Wildman–Crippen MR) is 79.9 cm³/mol. The van der Waals surface area contributed by atoms with Gasteiger partial charge in [-0.25, -0.2) is 0 Å². The van der Waals surface area contributed by atoms with E-state index in [2.05, 4.69) is 10.3 Å². The Hall–Kier alpha value is -2.14. The van der Waals surface area contributed by atoms with Gasteiger partial charge in [0, 0.05) is 12.7 Å². The standard InChI is InChI=1S/C16H19N3O2/c1-12-6-7-14(21-12)11-18-15-5-3-9-19(16(15)20)13-4-2-8-17-10-13/h2,4,6-8,10,15,18H,3,5,9,11H2,1H3/t15-/m1/s1. The first-order valence-corrected chi connectivity index (χ1v) is 7.24. The van der Waals surface area contributed by atoms with Crippen LogP contribution in [0.15, 0.2) is 41.1 Å². The lowest BCUT2D eigenvalue weighted by Gasteiger charge is -2.32. The molecule has 3 heterocycles. The van der Waals surface area contributed by atoms with Crippen LogP contribution in [0.2, 0.25) is 0 Å². The summed E-state index contributed by atoms with van der Waals surface area (Å²) in [5, 5.41) is 3.30. The Morgan fingerprint density at radius 2 is 2.33 bits per heavy atom. The molecule has 5 nitrogen and oxygen atoms in total. The van der Waals surface area contributed by atoms with Crippen molar-refractivity contribution in [1.82, 2.24) is 10.3 Å². The van der Waals surface area contributed by atoms with Crippen molar-refractivity contribution in [2.45, 2.75) is 32.4 Å². The molecule has 110 valence electrons. The number of aromatic nitrogens is 1. The third-order valence-electron chi connectivity index (χ3n) is 3.71. The van der Waals surface area contributed by atoms with Crippen LogP contribution in [0.1, 0.15) is 24.4 Å². The Kier molecular flexibility index (Phi) is 4.01. The summed E-state index contributed by atoms with van der Waals surface area (Å²) >= 11 is 0. The average Bonchev–Trinajstić information content (AvgIpc) is 2.93. The lowest BCUT2D eigenvalue weighted by molar-refractivity contribution is -0.121. The lowest BCUT2D eigenvalue weighted by atomic mass is 10.0. The topological polar surface area (TPSA) is 58.4 Å². The molecule has 0 aromatic carbocycles. The Bertz CT molecular complexity index is 609. The molecule has 0 radical (unpaired) electrons. The van der Waals surface area contributed by atoms with Crippen molar-refractivity contribution in [1.29, 1.82) is 0 Å². The van der Waals surface area contributed by atoms with Crippen molar-refractivity contribution in [2.24, 2.45) is 0 Å². The quantitative estimate of drug-likeness (QED) is 0.936. The van der Waals surface area contributed by atoms with E-state index in [0.717, 1.165) is 36.6 Å². The van der Waals surface area contributed by atoms with Crippen LogP contribution < -0.4 is 10.2 Å². The van der Waals surface area contributed by atoms with Gasteiger partial charge in [0.1, 0.15) is 11.5 Å². The molecule has 5 heteroatoms. The SMILES string of the molecule is Cc1ccc(CN[C@@H]2CCCN(c3cccnc3)C2=O)o1. The van der Waals surface area contributed by atoms with Gasteiger partial charge in [0.05, 0.1) is 24.5 Å². The Balaban J connectivity index is 1.65. The second kappa shape index (κ2) is 6.10. The second-order valence-corrected chi connectivity index (χ2v) is 5.29. The number of anilines is 1. The van der Waals surface area contributed by atoms with Crippen LogP contribution in [0.5, 0.6) is 0 Å². The molecule has 1 saturated heterocycles. The van der Waals surface area contributed by atoms with Gasteiger partial charge in [0.25, 0.3) is 0 Å². The number of hydrogen-bond acceptors (Lipinski definition) is 4. The van der Waals surface area contributed by atoms with Crippen LogP contribution in [0.25, 0.3) is 0 Å². The molecule has 1 aliphatic rings. The van der Waals surface area contributed by atoms with Crippen LogP contribution in [0, 0.1) is 6.92 Å². The van der Waals surface area contributed by atoms with Crippen molar-refractivity contribution in [3.63, 3.8) is 0 Å². The molecule has 2 aromatic heterocycles. The number of pyridine rings is 1. The van der Waals surface area contributed by atoms with Crippen molar-refractivity contribution in [3.05, 3.63) is 48.2 Å². The highest BCUT2D eigenvalue weighted by Crippen LogP contribution is 2.20. The molecule has 1 atom stereocenters. The van der Waals surface area contributed by atoms with E-state index in [1.54, 1.807) is 12.4 Å². The predicted octanol–water partition coefficient (Wildman–Crippen LogP) is 2.27. The van der Waals surface area contributed by atoms with E-state index in [1.807, 2.05) is 36.1 Å². The van der Waals surface area contributed by atoms with E-state index in [-0.39, 0.29) is 11.9 Å². The van der Waals surface area contributed by atoms with Crippen LogP contribution in [-0.4, -0.2) is 23.5 Å². The molecule has 1 amide bonds. The zero-order valence-electron chi connectivity index (χ0n) is 12.1. The van der Waals surface area contributed by atoms with E-state index >= 15 is 0 Å². The lowest BCUT2D eigenvalue weighted by Crippen LogP contribution is -2.50. The minimum absolute atomic E-state index is 0.109. The summed E-state index contributed by atoms with van der Waals surface area (Å²) in [7, 11) is 0. The highest BCUT2D eigenvalue weighted by Gasteiger charge is 2.29. The Labute approximate surface area is 124 Å². The van der Waals surface area contributed by atoms with Gasteiger partial charge in [0.2, 0.25) is 5.91 Å². The van der Waals surface area contributed by atoms with Crippen LogP contribution in [-0.2, 0) is 11.3 Å². The molecule has 0 aliphatic carbocycles. The summed E-state index contributed by atoms with van der Waals surface area (Å²) < 4.78 is 5.52. The second-order valence-electron chi connectivity index (χ2n) is 5.29. The van der Waals surface area contributed by atoms with Gasteiger partial charge in [-0.1, -0.05) is 0 Å². The maximum atomic E-state index is 12.6. The van der Waals surface area contributed by atoms with Crippen molar-refractivity contribution < 1.29 is 9.21 Å². The molecule has 0 spiro atoms. The summed E-state index contributed by atoms with van der Waals surface area (Å²) in [6.45, 7) is 3.24. The van der Waals surface area contributed by atoms with Crippen LogP contribution in [0.4, 0.5) is 5.69 Å². The number of piperidine rings is 1. The van der Waals surface area contributed by atoms with E-state index in [1.165, 1.54) is 0 Å². The summed E-state index contributed by atoms with van der Waals surface area (Å²) in [4.78, 5) is 18.5. The van der Waals surface area contributed by atoms with E-state index in [9.17, 15) is 4.79 Å². The maximum absolute atomic E-state index is 12.6. The first kappa shape index (κ1) is 13.8. The van der Waals surface area contributed by atoms with Gasteiger partial charge in [-0.05, 0) is 44.0 Å². The van der Waals surface area contributed by atoms with E-state index in [0.29, 0.717) is 6.54 Å². The van der Waals surface area contributed by atoms with Gasteiger partial charge >= 0.3 is 0 Å². The smallest absolute Gasteiger partial charge is 0.244 e. The van der Waals surface area contributed by atoms with E-state index < -0.39 is 0 Å². The van der Waals surface area contributed by atoms with Gasteiger partial charge in [-0.3, -0.25) is 15.1 Å². The third kappa shape index (κ3) is 3.13. The van der Waals surface area contributed by atoms with Crippen molar-refractivity contribution >= 4 is 11.6 Å². The number of amides is 1. The number of furan rings is 1. The highest BCUT2D eigenvalue weighted by molar-refractivity contribution is 5.97. The number of carbonyl (C=O) groups excluding carboxylic acids is 1. The average molecular weight is 285 g/mol. The van der Waals surface area contributed by atoms with E-state index in [4.69, 9.17) is 4.42 Å². The molecule has 0 bridgehead atoms. The number of hydrogen-bond donors (Lipinski definition) is 1. The minimum Gasteiger partial charge on any atom is -0.465 e. The van der Waals surface area contributed by atoms with Gasteiger partial charge in [-0.2, -0.15) is 0 Å². The molecule has 0 saturated carbocycles. The molecule has 1 fully saturated rings. The van der Waals surface area contributed by atoms with Crippen LogP contribution >= 0.6 is 0 Å². The fourth-order valence-electron chi connectivity index (χ4n) is 2.64. The molecule has 2 aromatic rings. The minimum atomic E-state index is -0.163. The Morgan fingerprint density at radius 3 is 3.05 bits per heavy atom. The summed E-state index contributed by atoms with van der Waals surface area (Å²) in [5.41, 5.74) is 0.864. The fraction of sp³-hybridized carbons (Fsp3) is 0.375. The number of nitrogens with zero attached hydrogens (tertiary/aromatic N) is 2. The van der Waals surface area contributed by atoms with Gasteiger partial charge < -0.3 is 9.32 Å². The monoisotopic (exact) mass is 285 g/mol. The molecule has 3 rings (SSSR count). The molecular formula is C16H19N3O2. The van der Waals surface area contributed by atoms with Crippen LogP contribution in [0.3, 0.4) is 0 Å². The maximum Gasteiger partial charge on any atom is 0.244 e. The Morgan fingerprint density at radius 1 is 1.43 bits per heavy atom. The molecule has 0 unspecified atom stereocenters.